The Morgan fingerprint density at radius 3 is 2.60 bits per heavy atom. The van der Waals surface area contributed by atoms with Gasteiger partial charge in [0.05, 0.1) is 12.2 Å². The number of nitrogens with zero attached hydrogens (tertiary/aromatic N) is 1. The summed E-state index contributed by atoms with van der Waals surface area (Å²) in [5, 5.41) is 29.5. The monoisotopic (exact) mass is 282 g/mol. The van der Waals surface area contributed by atoms with E-state index in [1.165, 1.54) is 10.8 Å². The average Bonchev–Trinajstić information content (AvgIpc) is 2.91. The molecule has 0 spiro atoms. The molecule has 0 saturated heterocycles. The predicted molar refractivity (Wildman–Crippen MR) is 69.3 cm³/mol. The topological polar surface area (TPSA) is 116 Å². The van der Waals surface area contributed by atoms with Crippen molar-refractivity contribution in [3.8, 4) is 0 Å². The smallest absolute Gasteiger partial charge is 0.328 e. The van der Waals surface area contributed by atoms with Gasteiger partial charge in [-0.3, -0.25) is 14.3 Å². The third kappa shape index (κ3) is 1.70. The van der Waals surface area contributed by atoms with E-state index in [-0.39, 0.29) is 24.4 Å². The highest BCUT2D eigenvalue weighted by atomic mass is 16.3. The van der Waals surface area contributed by atoms with Crippen LogP contribution in [0.25, 0.3) is 0 Å². The van der Waals surface area contributed by atoms with Crippen molar-refractivity contribution in [2.24, 2.45) is 17.8 Å². The molecule has 2 aliphatic rings. The molecule has 2 saturated carbocycles. The Kier molecular flexibility index (Phi) is 3.07. The number of H-pyrrole nitrogens is 1. The Morgan fingerprint density at radius 1 is 1.30 bits per heavy atom. The van der Waals surface area contributed by atoms with E-state index in [2.05, 4.69) is 4.98 Å². The molecule has 110 valence electrons. The second kappa shape index (κ2) is 4.54. The van der Waals surface area contributed by atoms with Crippen molar-refractivity contribution in [2.75, 3.05) is 6.61 Å². The molecular formula is C13H18N2O5. The molecule has 0 unspecified atom stereocenters. The lowest BCUT2D eigenvalue weighted by Crippen LogP contribution is -2.47. The number of rotatable bonds is 2. The van der Waals surface area contributed by atoms with Gasteiger partial charge in [0.25, 0.3) is 5.56 Å². The zero-order valence-electron chi connectivity index (χ0n) is 11.1. The third-order valence-electron chi connectivity index (χ3n) is 4.88. The summed E-state index contributed by atoms with van der Waals surface area (Å²) in [5.41, 5.74) is -0.576. The molecule has 2 bridgehead atoms. The highest BCUT2D eigenvalue weighted by Gasteiger charge is 2.58. The molecule has 7 heteroatoms. The third-order valence-corrected chi connectivity index (χ3v) is 4.88. The maximum atomic E-state index is 12.0. The summed E-state index contributed by atoms with van der Waals surface area (Å²) in [4.78, 5) is 25.7. The van der Waals surface area contributed by atoms with Gasteiger partial charge in [-0.15, -0.1) is 0 Å². The van der Waals surface area contributed by atoms with E-state index in [1.54, 1.807) is 6.92 Å². The van der Waals surface area contributed by atoms with Gasteiger partial charge in [-0.2, -0.15) is 0 Å². The van der Waals surface area contributed by atoms with Gasteiger partial charge in [0.1, 0.15) is 0 Å². The maximum absolute atomic E-state index is 12.0. The molecule has 1 aromatic heterocycles. The second-order valence-electron chi connectivity index (χ2n) is 5.86. The summed E-state index contributed by atoms with van der Waals surface area (Å²) >= 11 is 0. The lowest BCUT2D eigenvalue weighted by Gasteiger charge is -2.36. The number of hydrogen-bond acceptors (Lipinski definition) is 5. The van der Waals surface area contributed by atoms with Crippen LogP contribution in [0, 0.1) is 24.7 Å². The van der Waals surface area contributed by atoms with Crippen molar-refractivity contribution in [1.82, 2.24) is 9.55 Å². The quantitative estimate of drug-likeness (QED) is 0.519. The molecular weight excluding hydrogens is 264 g/mol. The number of fused-ring (bicyclic) bond motifs is 2. The Bertz CT molecular complexity index is 634. The molecule has 1 aromatic rings. The minimum Gasteiger partial charge on any atom is -0.396 e. The van der Waals surface area contributed by atoms with Crippen molar-refractivity contribution in [3.63, 3.8) is 0 Å². The number of aliphatic hydroxyl groups is 3. The van der Waals surface area contributed by atoms with E-state index in [4.69, 9.17) is 0 Å². The summed E-state index contributed by atoms with van der Waals surface area (Å²) in [6, 6.07) is -0.397. The van der Waals surface area contributed by atoms with Crippen LogP contribution < -0.4 is 11.2 Å². The van der Waals surface area contributed by atoms with Gasteiger partial charge in [0.2, 0.25) is 0 Å². The van der Waals surface area contributed by atoms with Crippen LogP contribution in [-0.4, -0.2) is 43.7 Å². The van der Waals surface area contributed by atoms with Crippen LogP contribution in [0.5, 0.6) is 0 Å². The fraction of sp³-hybridized carbons (Fsp3) is 0.692. The molecule has 2 fully saturated rings. The molecule has 0 aliphatic heterocycles. The van der Waals surface area contributed by atoms with E-state index >= 15 is 0 Å². The number of aromatic amines is 1. The minimum atomic E-state index is -0.896. The van der Waals surface area contributed by atoms with Crippen molar-refractivity contribution in [2.45, 2.75) is 31.6 Å². The van der Waals surface area contributed by atoms with E-state index < -0.39 is 29.5 Å². The van der Waals surface area contributed by atoms with Gasteiger partial charge in [0.15, 0.2) is 0 Å². The Labute approximate surface area is 114 Å². The number of nitrogens with one attached hydrogen (secondary N) is 1. The summed E-state index contributed by atoms with van der Waals surface area (Å²) in [5.74, 6) is -0.791. The molecule has 0 aromatic carbocycles. The molecule has 7 nitrogen and oxygen atoms in total. The summed E-state index contributed by atoms with van der Waals surface area (Å²) in [6.45, 7) is 1.43. The lowest BCUT2D eigenvalue weighted by atomic mass is 9.81. The van der Waals surface area contributed by atoms with Crippen molar-refractivity contribution in [1.29, 1.82) is 0 Å². The number of aromatic nitrogens is 2. The van der Waals surface area contributed by atoms with E-state index in [0.29, 0.717) is 12.0 Å². The van der Waals surface area contributed by atoms with Gasteiger partial charge in [-0.25, -0.2) is 4.79 Å². The highest BCUT2D eigenvalue weighted by molar-refractivity contribution is 5.11. The van der Waals surface area contributed by atoms with Gasteiger partial charge in [-0.1, -0.05) is 0 Å². The minimum absolute atomic E-state index is 0.166. The first-order valence-electron chi connectivity index (χ1n) is 6.74. The lowest BCUT2D eigenvalue weighted by molar-refractivity contribution is -0.0635. The molecule has 6 atom stereocenters. The summed E-state index contributed by atoms with van der Waals surface area (Å²) < 4.78 is 1.39. The standard InChI is InChI=1S/C13H18N2O5/c1-5-3-15(13(20)14-12(5)19)9-7-2-6(8(9)4-16)10(17)11(7)18/h3,6-11,16-18H,2,4H2,1H3,(H,14,19,20)/t6-,7+,8-,9-,10-,11+/m1/s1. The normalized spacial score (nSPS) is 39.4. The first-order valence-corrected chi connectivity index (χ1v) is 6.74. The number of hydrogen-bond donors (Lipinski definition) is 4. The molecule has 1 heterocycles. The maximum Gasteiger partial charge on any atom is 0.328 e. The fourth-order valence-electron chi connectivity index (χ4n) is 3.90. The Morgan fingerprint density at radius 2 is 1.95 bits per heavy atom. The molecule has 0 radical (unpaired) electrons. The first kappa shape index (κ1) is 13.5. The molecule has 0 amide bonds. The van der Waals surface area contributed by atoms with Crippen LogP contribution in [-0.2, 0) is 0 Å². The highest BCUT2D eigenvalue weighted by Crippen LogP contribution is 2.54. The molecule has 2 aliphatic carbocycles. The van der Waals surface area contributed by atoms with Crippen molar-refractivity contribution < 1.29 is 15.3 Å². The summed E-state index contributed by atoms with van der Waals surface area (Å²) in [6.07, 6.45) is 0.289. The number of aryl methyl sites for hydroxylation is 1. The van der Waals surface area contributed by atoms with Crippen molar-refractivity contribution >= 4 is 0 Å². The van der Waals surface area contributed by atoms with Gasteiger partial charge in [0, 0.05) is 36.2 Å². The zero-order chi connectivity index (χ0) is 14.6. The predicted octanol–water partition coefficient (Wildman–Crippen LogP) is -1.63. The summed E-state index contributed by atoms with van der Waals surface area (Å²) in [7, 11) is 0. The van der Waals surface area contributed by atoms with Crippen LogP contribution in [0.15, 0.2) is 15.8 Å². The SMILES string of the molecule is Cc1cn([C@@H]2[C@@H]3C[C@@H]([C@@H](O)[C@H]3O)[C@H]2CO)c(=O)[nH]c1=O. The molecule has 4 N–H and O–H groups in total. The first-order chi connectivity index (χ1) is 9.45. The van der Waals surface area contributed by atoms with Gasteiger partial charge >= 0.3 is 5.69 Å². The van der Waals surface area contributed by atoms with Gasteiger partial charge < -0.3 is 15.3 Å². The van der Waals surface area contributed by atoms with E-state index in [1.807, 2.05) is 0 Å². The average molecular weight is 282 g/mol. The second-order valence-corrected chi connectivity index (χ2v) is 5.86. The molecule has 3 rings (SSSR count). The fourth-order valence-corrected chi connectivity index (χ4v) is 3.90. The van der Waals surface area contributed by atoms with Crippen LogP contribution in [0.1, 0.15) is 18.0 Å². The van der Waals surface area contributed by atoms with Crippen LogP contribution in [0.3, 0.4) is 0 Å². The Hall–Kier alpha value is -1.44. The molecule has 20 heavy (non-hydrogen) atoms. The largest absolute Gasteiger partial charge is 0.396 e. The van der Waals surface area contributed by atoms with Crippen LogP contribution >= 0.6 is 0 Å². The van der Waals surface area contributed by atoms with Gasteiger partial charge in [-0.05, 0) is 19.3 Å². The van der Waals surface area contributed by atoms with Crippen LogP contribution in [0.2, 0.25) is 0 Å². The Balaban J connectivity index is 2.08. The van der Waals surface area contributed by atoms with Crippen molar-refractivity contribution in [3.05, 3.63) is 32.6 Å². The number of aliphatic hydroxyl groups excluding tert-OH is 3. The van der Waals surface area contributed by atoms with E-state index in [0.717, 1.165) is 0 Å². The zero-order valence-corrected chi connectivity index (χ0v) is 11.1. The van der Waals surface area contributed by atoms with E-state index in [9.17, 15) is 24.9 Å². The van der Waals surface area contributed by atoms with Crippen LogP contribution in [0.4, 0.5) is 0 Å².